The molecule has 1 heterocycles. The van der Waals surface area contributed by atoms with Gasteiger partial charge < -0.3 is 19.7 Å². The number of hydrogen-bond donors (Lipinski definition) is 2. The van der Waals surface area contributed by atoms with E-state index in [1.54, 1.807) is 0 Å². The van der Waals surface area contributed by atoms with Gasteiger partial charge in [0, 0.05) is 12.8 Å². The molecule has 1 saturated heterocycles. The standard InChI is InChI=1S/C24H46O5/c1-2-3-4-5-6-7-8-9-10-11-12-13-14-15-16-17-24(27)28-20-21-18-22(26)23(19-25)29-21/h21-23,25-26H,2-20H2,1H3/t21-,22-,23+/m0/s1. The monoisotopic (exact) mass is 414 g/mol. The lowest BCUT2D eigenvalue weighted by Gasteiger charge is -2.12. The molecule has 29 heavy (non-hydrogen) atoms. The first kappa shape index (κ1) is 26.4. The molecule has 0 saturated carbocycles. The summed E-state index contributed by atoms with van der Waals surface area (Å²) in [5.74, 6) is -0.190. The molecule has 172 valence electrons. The fourth-order valence-electron chi connectivity index (χ4n) is 3.99. The van der Waals surface area contributed by atoms with E-state index < -0.39 is 12.2 Å². The zero-order valence-electron chi connectivity index (χ0n) is 18.8. The highest BCUT2D eigenvalue weighted by Gasteiger charge is 2.33. The van der Waals surface area contributed by atoms with E-state index in [-0.39, 0.29) is 25.3 Å². The molecule has 0 spiro atoms. The van der Waals surface area contributed by atoms with Crippen LogP contribution in [0.1, 0.15) is 116 Å². The first-order valence-corrected chi connectivity index (χ1v) is 12.3. The van der Waals surface area contributed by atoms with Crippen molar-refractivity contribution in [3.63, 3.8) is 0 Å². The van der Waals surface area contributed by atoms with Gasteiger partial charge in [-0.1, -0.05) is 96.8 Å². The van der Waals surface area contributed by atoms with Gasteiger partial charge in [0.1, 0.15) is 12.7 Å². The van der Waals surface area contributed by atoms with Crippen molar-refractivity contribution in [2.45, 2.75) is 134 Å². The fourth-order valence-corrected chi connectivity index (χ4v) is 3.99. The maximum Gasteiger partial charge on any atom is 0.305 e. The highest BCUT2D eigenvalue weighted by Crippen LogP contribution is 2.20. The third-order valence-electron chi connectivity index (χ3n) is 5.90. The van der Waals surface area contributed by atoms with Crippen molar-refractivity contribution in [3.05, 3.63) is 0 Å². The summed E-state index contributed by atoms with van der Waals surface area (Å²) in [4.78, 5) is 11.8. The molecule has 1 rings (SSSR count). The second-order valence-corrected chi connectivity index (χ2v) is 8.66. The Kier molecular flexibility index (Phi) is 16.5. The van der Waals surface area contributed by atoms with E-state index in [0.717, 1.165) is 12.8 Å². The highest BCUT2D eigenvalue weighted by molar-refractivity contribution is 5.69. The van der Waals surface area contributed by atoms with Gasteiger partial charge in [0.05, 0.1) is 18.8 Å². The molecule has 0 aromatic heterocycles. The van der Waals surface area contributed by atoms with Crippen LogP contribution in [0.2, 0.25) is 0 Å². The smallest absolute Gasteiger partial charge is 0.305 e. The first-order chi connectivity index (χ1) is 14.2. The van der Waals surface area contributed by atoms with Crippen LogP contribution in [0.3, 0.4) is 0 Å². The van der Waals surface area contributed by atoms with Crippen LogP contribution in [-0.4, -0.2) is 47.7 Å². The topological polar surface area (TPSA) is 76.0 Å². The number of aliphatic hydroxyl groups excluding tert-OH is 2. The van der Waals surface area contributed by atoms with Gasteiger partial charge in [-0.2, -0.15) is 0 Å². The normalized spacial score (nSPS) is 21.6. The van der Waals surface area contributed by atoms with Gasteiger partial charge >= 0.3 is 5.97 Å². The average Bonchev–Trinajstić information content (AvgIpc) is 3.09. The Morgan fingerprint density at radius 2 is 1.34 bits per heavy atom. The van der Waals surface area contributed by atoms with Gasteiger partial charge in [0.25, 0.3) is 0 Å². The number of rotatable bonds is 19. The SMILES string of the molecule is CCCCCCCCCCCCCCCCCC(=O)OC[C@@H]1C[C@H](O)[C@@H](CO)O1. The maximum absolute atomic E-state index is 11.8. The fraction of sp³-hybridized carbons (Fsp3) is 0.958. The van der Waals surface area contributed by atoms with Crippen LogP contribution in [0.25, 0.3) is 0 Å². The van der Waals surface area contributed by atoms with E-state index in [1.807, 2.05) is 0 Å². The maximum atomic E-state index is 11.8. The minimum atomic E-state index is -0.667. The van der Waals surface area contributed by atoms with Gasteiger partial charge in [-0.25, -0.2) is 0 Å². The minimum absolute atomic E-state index is 0.172. The second-order valence-electron chi connectivity index (χ2n) is 8.66. The predicted molar refractivity (Wildman–Crippen MR) is 117 cm³/mol. The number of hydrogen-bond acceptors (Lipinski definition) is 5. The van der Waals surface area contributed by atoms with E-state index in [1.165, 1.54) is 83.5 Å². The van der Waals surface area contributed by atoms with Crippen LogP contribution in [0.15, 0.2) is 0 Å². The number of unbranched alkanes of at least 4 members (excludes halogenated alkanes) is 14. The lowest BCUT2D eigenvalue weighted by molar-refractivity contribution is -0.148. The molecule has 1 aliphatic heterocycles. The van der Waals surface area contributed by atoms with Crippen LogP contribution in [0, 0.1) is 0 Å². The Morgan fingerprint density at radius 1 is 0.862 bits per heavy atom. The molecule has 5 heteroatoms. The van der Waals surface area contributed by atoms with Crippen molar-refractivity contribution in [2.75, 3.05) is 13.2 Å². The van der Waals surface area contributed by atoms with Crippen LogP contribution >= 0.6 is 0 Å². The Hall–Kier alpha value is -0.650. The van der Waals surface area contributed by atoms with Crippen molar-refractivity contribution in [3.8, 4) is 0 Å². The lowest BCUT2D eigenvalue weighted by atomic mass is 10.0. The number of ether oxygens (including phenoxy) is 2. The highest BCUT2D eigenvalue weighted by atomic mass is 16.6. The molecule has 0 amide bonds. The average molecular weight is 415 g/mol. The summed E-state index contributed by atoms with van der Waals surface area (Å²) in [6, 6.07) is 0. The molecule has 0 unspecified atom stereocenters. The molecule has 0 aromatic rings. The molecule has 0 radical (unpaired) electrons. The Bertz CT molecular complexity index is 387. The van der Waals surface area contributed by atoms with Crippen molar-refractivity contribution < 1.29 is 24.5 Å². The summed E-state index contributed by atoms with van der Waals surface area (Å²) in [6.07, 6.45) is 19.0. The molecule has 1 fully saturated rings. The summed E-state index contributed by atoms with van der Waals surface area (Å²) >= 11 is 0. The van der Waals surface area contributed by atoms with E-state index in [0.29, 0.717) is 12.8 Å². The summed E-state index contributed by atoms with van der Waals surface area (Å²) in [5.41, 5.74) is 0. The summed E-state index contributed by atoms with van der Waals surface area (Å²) in [7, 11) is 0. The first-order valence-electron chi connectivity index (χ1n) is 12.3. The van der Waals surface area contributed by atoms with Crippen LogP contribution < -0.4 is 0 Å². The lowest BCUT2D eigenvalue weighted by Crippen LogP contribution is -2.25. The van der Waals surface area contributed by atoms with Crippen LogP contribution in [0.4, 0.5) is 0 Å². The number of carbonyl (C=O) groups excluding carboxylic acids is 1. The summed E-state index contributed by atoms with van der Waals surface area (Å²) < 4.78 is 10.7. The number of carbonyl (C=O) groups is 1. The van der Waals surface area contributed by atoms with Crippen LogP contribution in [-0.2, 0) is 14.3 Å². The van der Waals surface area contributed by atoms with Gasteiger partial charge in [-0.05, 0) is 6.42 Å². The molecule has 1 aliphatic rings. The minimum Gasteiger partial charge on any atom is -0.463 e. The van der Waals surface area contributed by atoms with Gasteiger partial charge in [0.15, 0.2) is 0 Å². The molecule has 2 N–H and O–H groups in total. The third-order valence-corrected chi connectivity index (χ3v) is 5.90. The molecule has 5 nitrogen and oxygen atoms in total. The Balaban J connectivity index is 1.79. The number of aliphatic hydroxyl groups is 2. The van der Waals surface area contributed by atoms with Crippen molar-refractivity contribution >= 4 is 5.97 Å². The molecule has 0 bridgehead atoms. The largest absolute Gasteiger partial charge is 0.463 e. The van der Waals surface area contributed by atoms with Crippen molar-refractivity contribution in [2.24, 2.45) is 0 Å². The second kappa shape index (κ2) is 18.1. The zero-order chi connectivity index (χ0) is 21.2. The number of esters is 1. The van der Waals surface area contributed by atoms with Gasteiger partial charge in [-0.3, -0.25) is 4.79 Å². The van der Waals surface area contributed by atoms with Crippen molar-refractivity contribution in [1.82, 2.24) is 0 Å². The Labute approximate surface area is 178 Å². The van der Waals surface area contributed by atoms with E-state index in [4.69, 9.17) is 14.6 Å². The summed E-state index contributed by atoms with van der Waals surface area (Å²) in [6.45, 7) is 2.24. The molecule has 3 atom stereocenters. The molecule has 0 aliphatic carbocycles. The third kappa shape index (κ3) is 14.1. The van der Waals surface area contributed by atoms with E-state index in [9.17, 15) is 9.90 Å². The predicted octanol–water partition coefficient (Wildman–Crippen LogP) is 5.30. The van der Waals surface area contributed by atoms with Gasteiger partial charge in [0.2, 0.25) is 0 Å². The van der Waals surface area contributed by atoms with Crippen molar-refractivity contribution in [1.29, 1.82) is 0 Å². The van der Waals surface area contributed by atoms with Gasteiger partial charge in [-0.15, -0.1) is 0 Å². The van der Waals surface area contributed by atoms with Crippen LogP contribution in [0.5, 0.6) is 0 Å². The molecular weight excluding hydrogens is 368 g/mol. The summed E-state index contributed by atoms with van der Waals surface area (Å²) in [5, 5.41) is 18.7. The molecule has 0 aromatic carbocycles. The quantitative estimate of drug-likeness (QED) is 0.221. The van der Waals surface area contributed by atoms with E-state index in [2.05, 4.69) is 6.92 Å². The van der Waals surface area contributed by atoms with E-state index >= 15 is 0 Å². The Morgan fingerprint density at radius 3 is 1.79 bits per heavy atom. The molecular formula is C24H46O5. The zero-order valence-corrected chi connectivity index (χ0v) is 18.8.